The number of benzene rings is 3. The highest BCUT2D eigenvalue weighted by Gasteiger charge is 2.49. The summed E-state index contributed by atoms with van der Waals surface area (Å²) in [5.74, 6) is 1.14. The average Bonchev–Trinajstić information content (AvgIpc) is 3.98. The van der Waals surface area contributed by atoms with E-state index in [9.17, 15) is 19.5 Å². The molecule has 1 unspecified atom stereocenters. The van der Waals surface area contributed by atoms with Crippen LogP contribution in [0.4, 0.5) is 21.5 Å². The monoisotopic (exact) mass is 956 g/mol. The number of rotatable bonds is 14. The van der Waals surface area contributed by atoms with Crippen LogP contribution in [0, 0.1) is 22.4 Å². The lowest BCUT2D eigenvalue weighted by molar-refractivity contribution is -0.750. The van der Waals surface area contributed by atoms with E-state index in [1.54, 1.807) is 31.1 Å². The molecule has 6 aromatic rings. The van der Waals surface area contributed by atoms with Crippen molar-refractivity contribution in [3.8, 4) is 17.4 Å². The molecule has 5 N–H and O–H groups in total. The molecule has 15 heteroatoms. The van der Waals surface area contributed by atoms with E-state index in [1.165, 1.54) is 44.2 Å². The number of ether oxygens (including phenoxy) is 2. The van der Waals surface area contributed by atoms with Crippen LogP contribution in [0.2, 0.25) is 0 Å². The molecule has 13 nitrogen and oxygen atoms in total. The van der Waals surface area contributed by atoms with Gasteiger partial charge in [-0.05, 0) is 123 Å². The zero-order valence-corrected chi connectivity index (χ0v) is 41.2. The van der Waals surface area contributed by atoms with Crippen LogP contribution in [0.3, 0.4) is 0 Å². The maximum atomic E-state index is 14.9. The number of nitrogens with one attached hydrogen (secondary N) is 4. The van der Waals surface area contributed by atoms with Crippen LogP contribution in [0.25, 0.3) is 21.8 Å². The van der Waals surface area contributed by atoms with Gasteiger partial charge in [0.05, 0.1) is 30.7 Å². The number of aromatic amines is 1. The number of fused-ring (bicyclic) bond motifs is 2. The number of halogens is 1. The summed E-state index contributed by atoms with van der Waals surface area (Å²) in [6.07, 6.45) is 13.9. The van der Waals surface area contributed by atoms with Gasteiger partial charge in [0, 0.05) is 96.9 Å². The first-order valence-electron chi connectivity index (χ1n) is 24.7. The first-order valence-corrected chi connectivity index (χ1v) is 25.6. The Bertz CT molecular complexity index is 2830. The number of pyridine rings is 2. The summed E-state index contributed by atoms with van der Waals surface area (Å²) in [6.45, 7) is 11.2. The maximum absolute atomic E-state index is 14.9. The van der Waals surface area contributed by atoms with E-state index in [1.807, 2.05) is 31.2 Å². The van der Waals surface area contributed by atoms with Crippen molar-refractivity contribution in [2.75, 3.05) is 57.1 Å². The van der Waals surface area contributed by atoms with Gasteiger partial charge in [0.1, 0.15) is 22.9 Å². The Morgan fingerprint density at radius 3 is 2.55 bits per heavy atom. The predicted molar refractivity (Wildman–Crippen MR) is 272 cm³/mol. The summed E-state index contributed by atoms with van der Waals surface area (Å²) >= 11 is 1.11. The van der Waals surface area contributed by atoms with E-state index < -0.39 is 17.3 Å². The van der Waals surface area contributed by atoms with Crippen molar-refractivity contribution in [1.29, 1.82) is 0 Å². The molecule has 0 radical (unpaired) electrons. The van der Waals surface area contributed by atoms with Gasteiger partial charge in [-0.3, -0.25) is 19.4 Å². The molecule has 364 valence electrons. The van der Waals surface area contributed by atoms with Gasteiger partial charge >= 0.3 is 0 Å². The van der Waals surface area contributed by atoms with E-state index in [0.717, 1.165) is 98.8 Å². The lowest BCUT2D eigenvalue weighted by Gasteiger charge is -2.57. The van der Waals surface area contributed by atoms with Crippen LogP contribution >= 0.6 is 11.9 Å². The fourth-order valence-corrected chi connectivity index (χ4v) is 12.5. The second-order valence-electron chi connectivity index (χ2n) is 20.7. The lowest BCUT2D eigenvalue weighted by Crippen LogP contribution is -2.98. The SMILES string of the molecule is COc1nc2[nH]cc(F)c2cc1Oc1cc(N2CCC3(CC2)CN([C@H]2CCC[C@H]2c2ccccc2C(C)C)C3)ccc1C(=O)NSc1cc([NH+](C)[O-])c(NCC2CCC(C)(O)CC2)c2ccncc12. The van der Waals surface area contributed by atoms with Crippen LogP contribution < -0.4 is 29.5 Å². The van der Waals surface area contributed by atoms with Gasteiger partial charge in [-0.1, -0.05) is 44.5 Å². The predicted octanol–water partition coefficient (Wildman–Crippen LogP) is 9.85. The highest BCUT2D eigenvalue weighted by atomic mass is 32.2. The van der Waals surface area contributed by atoms with Gasteiger partial charge in [0.25, 0.3) is 11.8 Å². The Balaban J connectivity index is 0.876. The Kier molecular flexibility index (Phi) is 13.3. The van der Waals surface area contributed by atoms with Crippen LogP contribution in [0.1, 0.15) is 112 Å². The number of hydrogen-bond donors (Lipinski definition) is 5. The summed E-state index contributed by atoms with van der Waals surface area (Å²) in [5.41, 5.74) is 5.45. The van der Waals surface area contributed by atoms with Crippen molar-refractivity contribution < 1.29 is 28.8 Å². The molecule has 1 amide bonds. The number of piperidine rings is 1. The molecule has 3 aromatic carbocycles. The molecular formula is C54H65FN8O5S. The van der Waals surface area contributed by atoms with Gasteiger partial charge in [0.15, 0.2) is 11.4 Å². The zero-order chi connectivity index (χ0) is 48.0. The average molecular weight is 957 g/mol. The fourth-order valence-electron chi connectivity index (χ4n) is 11.7. The smallest absolute Gasteiger partial charge is 0.265 e. The summed E-state index contributed by atoms with van der Waals surface area (Å²) in [4.78, 5) is 31.9. The number of nitrogens with zero attached hydrogens (tertiary/aromatic N) is 4. The van der Waals surface area contributed by atoms with Gasteiger partial charge in [0.2, 0.25) is 0 Å². The highest BCUT2D eigenvalue weighted by molar-refractivity contribution is 7.98. The summed E-state index contributed by atoms with van der Waals surface area (Å²) in [6, 6.07) is 20.6. The molecule has 3 atom stereocenters. The molecule has 2 aliphatic heterocycles. The third-order valence-electron chi connectivity index (χ3n) is 15.7. The number of likely N-dealkylation sites (tertiary alicyclic amines) is 1. The number of anilines is 2. The number of aliphatic hydroxyl groups is 1. The number of H-pyrrole nitrogens is 1. The van der Waals surface area contributed by atoms with E-state index in [0.29, 0.717) is 52.0 Å². The van der Waals surface area contributed by atoms with Crippen molar-refractivity contribution in [2.45, 2.75) is 107 Å². The molecule has 3 aromatic heterocycles. The summed E-state index contributed by atoms with van der Waals surface area (Å²) in [5, 5.41) is 29.1. The van der Waals surface area contributed by atoms with Gasteiger partial charge in [-0.2, -0.15) is 4.98 Å². The number of aromatic nitrogens is 3. The first kappa shape index (κ1) is 47.2. The minimum Gasteiger partial charge on any atom is -0.629 e. The topological polar surface area (TPSA) is 155 Å². The number of amides is 1. The first-order chi connectivity index (χ1) is 33.3. The molecule has 2 saturated carbocycles. The van der Waals surface area contributed by atoms with Crippen LogP contribution in [-0.2, 0) is 0 Å². The minimum absolute atomic E-state index is 0.107. The Hall–Kier alpha value is -5.45. The molecule has 0 bridgehead atoms. The van der Waals surface area contributed by atoms with Crippen LogP contribution in [0.5, 0.6) is 17.4 Å². The van der Waals surface area contributed by atoms with Crippen molar-refractivity contribution in [1.82, 2.24) is 24.6 Å². The molecule has 5 heterocycles. The molecule has 10 rings (SSSR count). The molecule has 1 spiro atoms. The Labute approximate surface area is 408 Å². The number of quaternary nitrogens is 1. The van der Waals surface area contributed by atoms with Crippen molar-refractivity contribution in [2.24, 2.45) is 11.3 Å². The molecular weight excluding hydrogens is 892 g/mol. The molecule has 69 heavy (non-hydrogen) atoms. The van der Waals surface area contributed by atoms with Crippen molar-refractivity contribution in [3.63, 3.8) is 0 Å². The number of carbonyl (C=O) groups excluding carboxylic acids is 1. The van der Waals surface area contributed by atoms with Gasteiger partial charge in [-0.15, -0.1) is 0 Å². The third-order valence-corrected chi connectivity index (χ3v) is 16.5. The van der Waals surface area contributed by atoms with E-state index >= 15 is 0 Å². The molecule has 2 saturated heterocycles. The van der Waals surface area contributed by atoms with Gasteiger partial charge in [-0.25, -0.2) is 4.39 Å². The number of carbonyl (C=O) groups is 1. The van der Waals surface area contributed by atoms with Gasteiger partial charge < -0.3 is 40.1 Å². The number of hydrogen-bond acceptors (Lipinski definition) is 11. The third kappa shape index (κ3) is 9.60. The largest absolute Gasteiger partial charge is 0.629 e. The maximum Gasteiger partial charge on any atom is 0.265 e. The van der Waals surface area contributed by atoms with Crippen LogP contribution in [0.15, 0.2) is 84.1 Å². The lowest BCUT2D eigenvalue weighted by atomic mass is 9.70. The second kappa shape index (κ2) is 19.4. The number of methoxy groups -OCH3 is 1. The standard InChI is InChI=1S/C54H65FN8O5S/c1-33(2)36-9-6-7-10-37(36)38-11-8-12-44(38)63-31-54(32-63)20-23-62(24-21-54)35-13-14-40(46(25-35)68-47-26-41-43(55)30-58-50(41)59-52(47)67-5)51(64)60-69-48-27-45(61(4)66)49(39-17-22-56-29-42(39)48)57-28-34-15-18-53(3,65)19-16-34/h6-7,9-10,13-14,17,22,25-27,29-30,33-34,38,44,57,61,65H,8,11-12,15-16,18-21,23-24,28,31-32H2,1-5H3,(H,58,59)(H,60,64)/t34?,38-,44-,53?/m0/s1. The quantitative estimate of drug-likeness (QED) is 0.0524. The molecule has 2 aliphatic carbocycles. The Morgan fingerprint density at radius 1 is 1.01 bits per heavy atom. The second-order valence-corrected chi connectivity index (χ2v) is 21.6. The minimum atomic E-state index is -0.630. The van der Waals surface area contributed by atoms with Crippen LogP contribution in [-0.4, -0.2) is 89.4 Å². The Morgan fingerprint density at radius 2 is 1.80 bits per heavy atom. The highest BCUT2D eigenvalue weighted by Crippen LogP contribution is 2.49. The molecule has 4 aliphatic rings. The van der Waals surface area contributed by atoms with Crippen molar-refractivity contribution >= 4 is 56.7 Å². The fraction of sp³-hybridized carbons (Fsp3) is 0.463. The zero-order valence-electron chi connectivity index (χ0n) is 40.4. The summed E-state index contributed by atoms with van der Waals surface area (Å²) < 4.78 is 30.1. The normalized spacial score (nSPS) is 23.1. The molecule has 4 fully saturated rings. The number of hydroxylamine groups is 1. The summed E-state index contributed by atoms with van der Waals surface area (Å²) in [7, 11) is 3.02. The van der Waals surface area contributed by atoms with E-state index in [4.69, 9.17) is 9.47 Å². The van der Waals surface area contributed by atoms with E-state index in [2.05, 4.69) is 72.9 Å². The van der Waals surface area contributed by atoms with E-state index in [-0.39, 0.29) is 33.4 Å². The van der Waals surface area contributed by atoms with Crippen molar-refractivity contribution in [3.05, 3.63) is 107 Å².